The van der Waals surface area contributed by atoms with E-state index in [2.05, 4.69) is 5.43 Å². The zero-order chi connectivity index (χ0) is 15.6. The molecule has 5 heteroatoms. The normalized spacial score (nSPS) is 24.9. The standard InChI is InChI=1S/C16H23F3N2/c1-10-6-7-13(8-11(10)2)15(21-20)12-4-3-5-14(9-12)16(17,18)19/h6-8,12,14-15,21H,3-5,9,20H2,1-2H3. The topological polar surface area (TPSA) is 38.0 Å². The van der Waals surface area contributed by atoms with Gasteiger partial charge in [-0.2, -0.15) is 13.2 Å². The number of hydrogen-bond donors (Lipinski definition) is 2. The Labute approximate surface area is 123 Å². The van der Waals surface area contributed by atoms with E-state index in [4.69, 9.17) is 5.84 Å². The molecule has 1 saturated carbocycles. The summed E-state index contributed by atoms with van der Waals surface area (Å²) in [6.45, 7) is 4.02. The number of benzene rings is 1. The molecule has 0 aromatic heterocycles. The minimum atomic E-state index is -4.10. The third kappa shape index (κ3) is 3.77. The molecular formula is C16H23F3N2. The van der Waals surface area contributed by atoms with Gasteiger partial charge in [0.05, 0.1) is 5.92 Å². The number of alkyl halides is 3. The monoisotopic (exact) mass is 300 g/mol. The first-order chi connectivity index (χ1) is 9.82. The Hall–Kier alpha value is -1.07. The van der Waals surface area contributed by atoms with Gasteiger partial charge in [0.2, 0.25) is 0 Å². The van der Waals surface area contributed by atoms with Crippen LogP contribution in [0, 0.1) is 25.7 Å². The van der Waals surface area contributed by atoms with E-state index < -0.39 is 12.1 Å². The lowest BCUT2D eigenvalue weighted by atomic mass is 9.75. The number of nitrogens with one attached hydrogen (secondary N) is 1. The molecule has 21 heavy (non-hydrogen) atoms. The van der Waals surface area contributed by atoms with E-state index in [0.29, 0.717) is 6.42 Å². The smallest absolute Gasteiger partial charge is 0.271 e. The molecule has 118 valence electrons. The maximum atomic E-state index is 12.9. The average Bonchev–Trinajstić information content (AvgIpc) is 2.43. The molecule has 2 nitrogen and oxygen atoms in total. The van der Waals surface area contributed by atoms with E-state index in [9.17, 15) is 13.2 Å². The van der Waals surface area contributed by atoms with Crippen molar-refractivity contribution in [3.8, 4) is 0 Å². The third-order valence-corrected chi connectivity index (χ3v) is 4.72. The molecule has 3 atom stereocenters. The summed E-state index contributed by atoms with van der Waals surface area (Å²) in [6.07, 6.45) is -2.30. The molecule has 0 saturated heterocycles. The molecule has 0 spiro atoms. The molecule has 2 rings (SSSR count). The van der Waals surface area contributed by atoms with E-state index in [1.54, 1.807) is 0 Å². The minimum absolute atomic E-state index is 0.0718. The van der Waals surface area contributed by atoms with Crippen LogP contribution in [0.25, 0.3) is 0 Å². The maximum Gasteiger partial charge on any atom is 0.391 e. The minimum Gasteiger partial charge on any atom is -0.271 e. The molecule has 0 bridgehead atoms. The fraction of sp³-hybridized carbons (Fsp3) is 0.625. The molecule has 3 unspecified atom stereocenters. The van der Waals surface area contributed by atoms with Crippen LogP contribution in [-0.4, -0.2) is 6.18 Å². The van der Waals surface area contributed by atoms with E-state index in [1.165, 1.54) is 5.56 Å². The summed E-state index contributed by atoms with van der Waals surface area (Å²) in [5.74, 6) is 4.38. The van der Waals surface area contributed by atoms with Gasteiger partial charge < -0.3 is 0 Å². The lowest BCUT2D eigenvalue weighted by molar-refractivity contribution is -0.186. The van der Waals surface area contributed by atoms with Crippen LogP contribution in [0.15, 0.2) is 18.2 Å². The van der Waals surface area contributed by atoms with Crippen molar-refractivity contribution >= 4 is 0 Å². The second-order valence-electron chi connectivity index (χ2n) is 6.15. The summed E-state index contributed by atoms with van der Waals surface area (Å²) in [5, 5.41) is 0. The highest BCUT2D eigenvalue weighted by Gasteiger charge is 2.43. The lowest BCUT2D eigenvalue weighted by Gasteiger charge is -2.35. The molecule has 1 aliphatic carbocycles. The number of nitrogens with two attached hydrogens (primary N) is 1. The summed E-state index contributed by atoms with van der Waals surface area (Å²) >= 11 is 0. The van der Waals surface area contributed by atoms with Crippen LogP contribution in [0.1, 0.15) is 48.4 Å². The Morgan fingerprint density at radius 2 is 1.90 bits per heavy atom. The van der Waals surface area contributed by atoms with Crippen LogP contribution in [-0.2, 0) is 0 Å². The molecule has 1 aliphatic rings. The first kappa shape index (κ1) is 16.3. The fourth-order valence-electron chi connectivity index (χ4n) is 3.29. The van der Waals surface area contributed by atoms with Crippen LogP contribution in [0.3, 0.4) is 0 Å². The maximum absolute atomic E-state index is 12.9. The molecule has 1 aromatic rings. The van der Waals surface area contributed by atoms with Gasteiger partial charge in [-0.25, -0.2) is 0 Å². The first-order valence-electron chi connectivity index (χ1n) is 7.43. The van der Waals surface area contributed by atoms with Gasteiger partial charge in [0, 0.05) is 6.04 Å². The Morgan fingerprint density at radius 3 is 2.48 bits per heavy atom. The number of rotatable bonds is 3. The highest BCUT2D eigenvalue weighted by atomic mass is 19.4. The van der Waals surface area contributed by atoms with Crippen LogP contribution < -0.4 is 11.3 Å². The van der Waals surface area contributed by atoms with Gasteiger partial charge in [-0.05, 0) is 55.7 Å². The number of hydrazine groups is 1. The largest absolute Gasteiger partial charge is 0.391 e. The SMILES string of the molecule is Cc1ccc(C(NN)C2CCCC(C(F)(F)F)C2)cc1C. The van der Waals surface area contributed by atoms with Gasteiger partial charge in [0.25, 0.3) is 0 Å². The van der Waals surface area contributed by atoms with Gasteiger partial charge in [0.15, 0.2) is 0 Å². The van der Waals surface area contributed by atoms with Crippen molar-refractivity contribution in [1.82, 2.24) is 5.43 Å². The predicted octanol–water partition coefficient (Wildman–Crippen LogP) is 4.18. The van der Waals surface area contributed by atoms with Gasteiger partial charge in [-0.1, -0.05) is 24.6 Å². The summed E-state index contributed by atoms with van der Waals surface area (Å²) in [4.78, 5) is 0. The van der Waals surface area contributed by atoms with Crippen molar-refractivity contribution < 1.29 is 13.2 Å². The number of aryl methyl sites for hydroxylation is 2. The van der Waals surface area contributed by atoms with Crippen molar-refractivity contribution in [1.29, 1.82) is 0 Å². The molecular weight excluding hydrogens is 277 g/mol. The van der Waals surface area contributed by atoms with Crippen LogP contribution in [0.4, 0.5) is 13.2 Å². The second kappa shape index (κ2) is 6.36. The molecule has 0 heterocycles. The fourth-order valence-corrected chi connectivity index (χ4v) is 3.29. The highest BCUT2D eigenvalue weighted by Crippen LogP contribution is 2.43. The Kier molecular flexibility index (Phi) is 4.94. The van der Waals surface area contributed by atoms with Gasteiger partial charge in [-0.15, -0.1) is 0 Å². The van der Waals surface area contributed by atoms with E-state index >= 15 is 0 Å². The first-order valence-corrected chi connectivity index (χ1v) is 7.43. The average molecular weight is 300 g/mol. The summed E-state index contributed by atoms with van der Waals surface area (Å²) < 4.78 is 38.8. The molecule has 0 aliphatic heterocycles. The zero-order valence-corrected chi connectivity index (χ0v) is 12.5. The van der Waals surface area contributed by atoms with E-state index in [0.717, 1.165) is 17.5 Å². The van der Waals surface area contributed by atoms with Crippen molar-refractivity contribution in [2.45, 2.75) is 51.7 Å². The summed E-state index contributed by atoms with van der Waals surface area (Å²) in [6, 6.07) is 5.77. The van der Waals surface area contributed by atoms with Crippen LogP contribution in [0.5, 0.6) is 0 Å². The zero-order valence-electron chi connectivity index (χ0n) is 12.5. The van der Waals surface area contributed by atoms with Crippen molar-refractivity contribution in [2.24, 2.45) is 17.7 Å². The molecule has 1 aromatic carbocycles. The van der Waals surface area contributed by atoms with E-state index in [-0.39, 0.29) is 24.8 Å². The molecule has 1 fully saturated rings. The lowest BCUT2D eigenvalue weighted by Crippen LogP contribution is -2.38. The summed E-state index contributed by atoms with van der Waals surface area (Å²) in [5.41, 5.74) is 6.03. The quantitative estimate of drug-likeness (QED) is 0.649. The van der Waals surface area contributed by atoms with Crippen molar-refractivity contribution in [3.63, 3.8) is 0 Å². The molecule has 0 amide bonds. The van der Waals surface area contributed by atoms with Gasteiger partial charge >= 0.3 is 6.18 Å². The summed E-state index contributed by atoms with van der Waals surface area (Å²) in [7, 11) is 0. The third-order valence-electron chi connectivity index (χ3n) is 4.72. The van der Waals surface area contributed by atoms with Crippen molar-refractivity contribution in [3.05, 3.63) is 34.9 Å². The van der Waals surface area contributed by atoms with E-state index in [1.807, 2.05) is 32.0 Å². The highest BCUT2D eigenvalue weighted by molar-refractivity contribution is 5.32. The van der Waals surface area contributed by atoms with Crippen molar-refractivity contribution in [2.75, 3.05) is 0 Å². The molecule has 0 radical (unpaired) electrons. The second-order valence-corrected chi connectivity index (χ2v) is 6.15. The van der Waals surface area contributed by atoms with Gasteiger partial charge in [0.1, 0.15) is 0 Å². The Morgan fingerprint density at radius 1 is 1.19 bits per heavy atom. The predicted molar refractivity (Wildman–Crippen MR) is 77.5 cm³/mol. The number of hydrogen-bond acceptors (Lipinski definition) is 2. The van der Waals surface area contributed by atoms with Crippen LogP contribution >= 0.6 is 0 Å². The molecule has 3 N–H and O–H groups in total. The van der Waals surface area contributed by atoms with Crippen LogP contribution in [0.2, 0.25) is 0 Å². The number of halogens is 3. The Bertz CT molecular complexity index is 485. The Balaban J connectivity index is 2.18. The van der Waals surface area contributed by atoms with Gasteiger partial charge in [-0.3, -0.25) is 11.3 Å².